The topological polar surface area (TPSA) is 27.1 Å². The first-order valence-corrected chi connectivity index (χ1v) is 10.0. The lowest BCUT2D eigenvalue weighted by Crippen LogP contribution is -2.04. The number of para-hydroxylation sites is 3. The second-order valence-electron chi connectivity index (χ2n) is 6.88. The molecule has 4 heteroatoms. The summed E-state index contributed by atoms with van der Waals surface area (Å²) in [5.74, 6) is 1.78. The number of fused-ring (bicyclic) bond motifs is 1. The molecule has 28 heavy (non-hydrogen) atoms. The number of aryl methyl sites for hydroxylation is 2. The van der Waals surface area contributed by atoms with Gasteiger partial charge in [0.25, 0.3) is 0 Å². The van der Waals surface area contributed by atoms with Crippen molar-refractivity contribution < 1.29 is 4.74 Å². The van der Waals surface area contributed by atoms with E-state index in [-0.39, 0.29) is 0 Å². The molecule has 0 N–H and O–H groups in total. The van der Waals surface area contributed by atoms with Crippen LogP contribution in [-0.4, -0.2) is 16.2 Å². The second kappa shape index (κ2) is 8.49. The Kier molecular flexibility index (Phi) is 5.63. The molecule has 0 unspecified atom stereocenters. The molecule has 0 aliphatic rings. The van der Waals surface area contributed by atoms with Gasteiger partial charge in [-0.1, -0.05) is 60.1 Å². The zero-order valence-corrected chi connectivity index (χ0v) is 16.7. The fourth-order valence-corrected chi connectivity index (χ4v) is 3.64. The van der Waals surface area contributed by atoms with E-state index in [4.69, 9.17) is 21.3 Å². The Hall–Kier alpha value is -2.78. The van der Waals surface area contributed by atoms with Gasteiger partial charge in [-0.25, -0.2) is 4.98 Å². The van der Waals surface area contributed by atoms with E-state index in [9.17, 15) is 0 Å². The van der Waals surface area contributed by atoms with Gasteiger partial charge in [-0.2, -0.15) is 0 Å². The highest BCUT2D eigenvalue weighted by Crippen LogP contribution is 2.28. The van der Waals surface area contributed by atoms with Gasteiger partial charge >= 0.3 is 0 Å². The number of halogens is 1. The fraction of sp³-hybridized carbons (Fsp3) is 0.208. The summed E-state index contributed by atoms with van der Waals surface area (Å²) in [6.07, 6.45) is 1.95. The van der Waals surface area contributed by atoms with Crippen molar-refractivity contribution in [2.24, 2.45) is 0 Å². The zero-order valence-electron chi connectivity index (χ0n) is 15.9. The van der Waals surface area contributed by atoms with Crippen LogP contribution in [0.3, 0.4) is 0 Å². The zero-order chi connectivity index (χ0) is 19.3. The van der Waals surface area contributed by atoms with Gasteiger partial charge in [-0.3, -0.25) is 0 Å². The van der Waals surface area contributed by atoms with E-state index in [1.54, 1.807) is 0 Å². The normalized spacial score (nSPS) is 11.1. The molecule has 4 rings (SSSR count). The molecule has 0 radical (unpaired) electrons. The van der Waals surface area contributed by atoms with Crippen molar-refractivity contribution in [1.82, 2.24) is 9.55 Å². The van der Waals surface area contributed by atoms with Crippen molar-refractivity contribution in [1.29, 1.82) is 0 Å². The van der Waals surface area contributed by atoms with Crippen LogP contribution in [0.5, 0.6) is 5.75 Å². The Balaban J connectivity index is 1.49. The summed E-state index contributed by atoms with van der Waals surface area (Å²) in [5, 5.41) is 0.657. The van der Waals surface area contributed by atoms with Crippen LogP contribution < -0.4 is 4.74 Å². The molecule has 0 amide bonds. The van der Waals surface area contributed by atoms with Crippen molar-refractivity contribution >= 4 is 22.6 Å². The minimum absolute atomic E-state index is 0.649. The van der Waals surface area contributed by atoms with Crippen molar-refractivity contribution in [3.63, 3.8) is 0 Å². The van der Waals surface area contributed by atoms with Crippen molar-refractivity contribution in [3.05, 3.63) is 83.4 Å². The van der Waals surface area contributed by atoms with E-state index in [0.29, 0.717) is 11.6 Å². The number of hydrogen-bond acceptors (Lipinski definition) is 2. The number of benzene rings is 3. The minimum atomic E-state index is 0.649. The summed E-state index contributed by atoms with van der Waals surface area (Å²) in [7, 11) is 0. The summed E-state index contributed by atoms with van der Waals surface area (Å²) >= 11 is 6.15. The molecule has 3 aromatic carbocycles. The van der Waals surface area contributed by atoms with E-state index >= 15 is 0 Å². The predicted octanol–water partition coefficient (Wildman–Crippen LogP) is 6.52. The van der Waals surface area contributed by atoms with E-state index in [1.807, 2.05) is 30.3 Å². The van der Waals surface area contributed by atoms with Crippen LogP contribution >= 0.6 is 11.6 Å². The van der Waals surface area contributed by atoms with Gasteiger partial charge in [0, 0.05) is 12.1 Å². The third-order valence-electron chi connectivity index (χ3n) is 4.91. The van der Waals surface area contributed by atoms with Crippen molar-refractivity contribution in [2.75, 3.05) is 6.61 Å². The Morgan fingerprint density at radius 2 is 1.64 bits per heavy atom. The van der Waals surface area contributed by atoms with Gasteiger partial charge in [-0.05, 0) is 49.6 Å². The van der Waals surface area contributed by atoms with Gasteiger partial charge in [-0.15, -0.1) is 0 Å². The maximum absolute atomic E-state index is 6.15. The molecule has 0 saturated heterocycles. The Bertz CT molecular complexity index is 1090. The van der Waals surface area contributed by atoms with Crippen LogP contribution in [0.1, 0.15) is 18.4 Å². The monoisotopic (exact) mass is 390 g/mol. The van der Waals surface area contributed by atoms with E-state index in [0.717, 1.165) is 36.5 Å². The van der Waals surface area contributed by atoms with Gasteiger partial charge in [0.2, 0.25) is 0 Å². The molecule has 4 aromatic rings. The Labute approximate surface area is 170 Å². The summed E-state index contributed by atoms with van der Waals surface area (Å²) in [4.78, 5) is 4.92. The highest BCUT2D eigenvalue weighted by atomic mass is 35.5. The highest BCUT2D eigenvalue weighted by Gasteiger charge is 2.13. The SMILES string of the molecule is Cc1ccccc1-c1nc2ccccc2n1CCCCOc1ccccc1Cl. The summed E-state index contributed by atoms with van der Waals surface area (Å²) in [6.45, 7) is 3.68. The molecule has 0 atom stereocenters. The van der Waals surface area contributed by atoms with Crippen LogP contribution in [0.2, 0.25) is 5.02 Å². The number of unbranched alkanes of at least 4 members (excludes halogenated alkanes) is 1. The molecule has 0 saturated carbocycles. The van der Waals surface area contributed by atoms with E-state index < -0.39 is 0 Å². The summed E-state index contributed by atoms with van der Waals surface area (Å²) in [6, 6.07) is 24.4. The number of imidazole rings is 1. The first-order valence-electron chi connectivity index (χ1n) is 9.62. The second-order valence-corrected chi connectivity index (χ2v) is 7.28. The van der Waals surface area contributed by atoms with Crippen LogP contribution in [0.15, 0.2) is 72.8 Å². The fourth-order valence-electron chi connectivity index (χ4n) is 3.45. The first-order chi connectivity index (χ1) is 13.7. The minimum Gasteiger partial charge on any atom is -0.492 e. The maximum atomic E-state index is 6.15. The van der Waals surface area contributed by atoms with Crippen LogP contribution in [0, 0.1) is 6.92 Å². The summed E-state index contributed by atoms with van der Waals surface area (Å²) in [5.41, 5.74) is 4.63. The average Bonchev–Trinajstić information content (AvgIpc) is 3.08. The number of ether oxygens (including phenoxy) is 1. The standard InChI is InChI=1S/C24H23ClN2O/c1-18-10-2-3-11-19(18)24-26-21-13-5-6-14-22(21)27(24)16-8-9-17-28-23-15-7-4-12-20(23)25/h2-7,10-15H,8-9,16-17H2,1H3. The molecule has 0 fully saturated rings. The number of rotatable bonds is 7. The molecule has 142 valence electrons. The number of hydrogen-bond donors (Lipinski definition) is 0. The lowest BCUT2D eigenvalue weighted by Gasteiger charge is -2.12. The number of aromatic nitrogens is 2. The van der Waals surface area contributed by atoms with Crippen molar-refractivity contribution in [3.8, 4) is 17.1 Å². The average molecular weight is 391 g/mol. The van der Waals surface area contributed by atoms with Crippen LogP contribution in [0.25, 0.3) is 22.4 Å². The predicted molar refractivity (Wildman–Crippen MR) is 116 cm³/mol. The molecule has 0 spiro atoms. The third kappa shape index (κ3) is 3.90. The highest BCUT2D eigenvalue weighted by molar-refractivity contribution is 6.32. The molecule has 0 aliphatic carbocycles. The van der Waals surface area contributed by atoms with Crippen LogP contribution in [-0.2, 0) is 6.54 Å². The van der Waals surface area contributed by atoms with Gasteiger partial charge < -0.3 is 9.30 Å². The van der Waals surface area contributed by atoms with Gasteiger partial charge in [0.1, 0.15) is 11.6 Å². The first kappa shape index (κ1) is 18.6. The molecule has 0 bridgehead atoms. The van der Waals surface area contributed by atoms with Crippen molar-refractivity contribution in [2.45, 2.75) is 26.3 Å². The lowest BCUT2D eigenvalue weighted by atomic mass is 10.1. The molecular formula is C24H23ClN2O. The Morgan fingerprint density at radius 1 is 0.893 bits per heavy atom. The molecular weight excluding hydrogens is 368 g/mol. The van der Waals surface area contributed by atoms with Gasteiger partial charge in [0.15, 0.2) is 0 Å². The smallest absolute Gasteiger partial charge is 0.141 e. The maximum Gasteiger partial charge on any atom is 0.141 e. The van der Waals surface area contributed by atoms with Gasteiger partial charge in [0.05, 0.1) is 22.7 Å². The molecule has 3 nitrogen and oxygen atoms in total. The Morgan fingerprint density at radius 3 is 2.50 bits per heavy atom. The quantitative estimate of drug-likeness (QED) is 0.335. The molecule has 1 heterocycles. The largest absolute Gasteiger partial charge is 0.492 e. The number of nitrogens with zero attached hydrogens (tertiary/aromatic N) is 2. The third-order valence-corrected chi connectivity index (χ3v) is 5.22. The molecule has 1 aromatic heterocycles. The lowest BCUT2D eigenvalue weighted by molar-refractivity contribution is 0.304. The van der Waals surface area contributed by atoms with E-state index in [2.05, 4.69) is 54.0 Å². The molecule has 0 aliphatic heterocycles. The van der Waals surface area contributed by atoms with Crippen LogP contribution in [0.4, 0.5) is 0 Å². The summed E-state index contributed by atoms with van der Waals surface area (Å²) < 4.78 is 8.15. The van der Waals surface area contributed by atoms with E-state index in [1.165, 1.54) is 16.6 Å².